The minimum Gasteiger partial charge on any atom is -0.472 e. The Bertz CT molecular complexity index is 828. The van der Waals surface area contributed by atoms with Crippen LogP contribution in [0.3, 0.4) is 0 Å². The molecule has 29 heavy (non-hydrogen) atoms. The zero-order chi connectivity index (χ0) is 20.5. The van der Waals surface area contributed by atoms with Crippen LogP contribution in [0.15, 0.2) is 23.0 Å². The van der Waals surface area contributed by atoms with Crippen molar-refractivity contribution >= 4 is 11.9 Å². The van der Waals surface area contributed by atoms with Crippen molar-refractivity contribution < 1.29 is 33.3 Å². The third-order valence-electron chi connectivity index (χ3n) is 8.17. The van der Waals surface area contributed by atoms with E-state index in [2.05, 4.69) is 0 Å². The van der Waals surface area contributed by atoms with Crippen LogP contribution in [0.4, 0.5) is 0 Å². The molecule has 4 fully saturated rings. The maximum Gasteiger partial charge on any atom is 0.312 e. The molecule has 1 N–H and O–H groups in total. The molecule has 2 aliphatic carbocycles. The summed E-state index contributed by atoms with van der Waals surface area (Å²) >= 11 is 0. The molecule has 0 amide bonds. The zero-order valence-electron chi connectivity index (χ0n) is 16.9. The summed E-state index contributed by atoms with van der Waals surface area (Å²) in [6.07, 6.45) is 6.56. The smallest absolute Gasteiger partial charge is 0.312 e. The average molecular weight is 404 g/mol. The summed E-state index contributed by atoms with van der Waals surface area (Å²) < 4.78 is 22.6. The molecule has 2 bridgehead atoms. The number of epoxide rings is 1. The fraction of sp³-hybridized carbons (Fsp3) is 0.727. The average Bonchev–Trinajstić information content (AvgIpc) is 3.24. The number of esters is 2. The minimum atomic E-state index is -1.18. The highest BCUT2D eigenvalue weighted by molar-refractivity contribution is 5.79. The molecule has 7 nitrogen and oxygen atoms in total. The number of carbonyl (C=O) groups is 2. The molecular formula is C22H28O7. The van der Waals surface area contributed by atoms with Gasteiger partial charge < -0.3 is 23.7 Å². The van der Waals surface area contributed by atoms with Crippen molar-refractivity contribution in [2.24, 2.45) is 16.7 Å². The molecule has 1 spiro atoms. The number of aryl methyl sites for hydroxylation is 1. The predicted molar refractivity (Wildman–Crippen MR) is 99.7 cm³/mol. The van der Waals surface area contributed by atoms with Crippen LogP contribution in [-0.2, 0) is 30.2 Å². The molecule has 5 rings (SSSR count). The topological polar surface area (TPSA) is 98.5 Å². The second-order valence-corrected chi connectivity index (χ2v) is 9.61. The van der Waals surface area contributed by atoms with Crippen molar-refractivity contribution in [3.63, 3.8) is 0 Å². The molecule has 7 heteroatoms. The number of ether oxygens (including phenoxy) is 3. The first kappa shape index (κ1) is 19.1. The quantitative estimate of drug-likeness (QED) is 0.608. The Morgan fingerprint density at radius 3 is 2.79 bits per heavy atom. The fourth-order valence-corrected chi connectivity index (χ4v) is 6.86. The van der Waals surface area contributed by atoms with E-state index < -0.39 is 28.1 Å². The van der Waals surface area contributed by atoms with Gasteiger partial charge in [-0.1, -0.05) is 6.42 Å². The molecule has 158 valence electrons. The molecule has 4 aliphatic rings. The van der Waals surface area contributed by atoms with Crippen LogP contribution < -0.4 is 0 Å². The SMILES string of the molecule is CC(=O)O[C@H]1C[C@@]2(CO2)[C@](O)(CCc2ccoc2)[C@]23CCC[C@](C)(C(=O)OC2)C13. The summed E-state index contributed by atoms with van der Waals surface area (Å²) in [5.74, 6) is -0.914. The summed E-state index contributed by atoms with van der Waals surface area (Å²) in [5.41, 5.74) is -2.42. The Labute approximate surface area is 169 Å². The monoisotopic (exact) mass is 404 g/mol. The maximum absolute atomic E-state index is 12.9. The van der Waals surface area contributed by atoms with Crippen LogP contribution in [-0.4, -0.2) is 47.6 Å². The van der Waals surface area contributed by atoms with Crippen LogP contribution in [0.1, 0.15) is 51.5 Å². The highest BCUT2D eigenvalue weighted by Gasteiger charge is 2.80. The third kappa shape index (κ3) is 2.43. The summed E-state index contributed by atoms with van der Waals surface area (Å²) in [5, 5.41) is 12.3. The molecule has 1 aromatic heterocycles. The molecule has 2 aliphatic heterocycles. The zero-order valence-corrected chi connectivity index (χ0v) is 16.9. The molecular weight excluding hydrogens is 376 g/mol. The molecule has 1 aromatic rings. The number of carbonyl (C=O) groups excluding carboxylic acids is 2. The molecule has 2 saturated carbocycles. The molecule has 6 atom stereocenters. The van der Waals surface area contributed by atoms with E-state index in [9.17, 15) is 14.7 Å². The lowest BCUT2D eigenvalue weighted by Gasteiger charge is -2.66. The summed E-state index contributed by atoms with van der Waals surface area (Å²) in [6, 6.07) is 1.90. The first-order valence-corrected chi connectivity index (χ1v) is 10.5. The van der Waals surface area contributed by atoms with Gasteiger partial charge in [0.05, 0.1) is 24.5 Å². The van der Waals surface area contributed by atoms with E-state index in [0.717, 1.165) is 12.0 Å². The third-order valence-corrected chi connectivity index (χ3v) is 8.17. The Kier molecular flexibility index (Phi) is 4.01. The van der Waals surface area contributed by atoms with Gasteiger partial charge in [0, 0.05) is 24.7 Å². The van der Waals surface area contributed by atoms with Gasteiger partial charge in [-0.25, -0.2) is 0 Å². The molecule has 2 saturated heterocycles. The first-order chi connectivity index (χ1) is 13.8. The van der Waals surface area contributed by atoms with E-state index in [1.54, 1.807) is 12.5 Å². The van der Waals surface area contributed by atoms with Gasteiger partial charge in [0.1, 0.15) is 23.9 Å². The number of rotatable bonds is 4. The van der Waals surface area contributed by atoms with Crippen LogP contribution in [0.5, 0.6) is 0 Å². The second-order valence-electron chi connectivity index (χ2n) is 9.61. The highest BCUT2D eigenvalue weighted by atomic mass is 16.6. The number of furan rings is 1. The highest BCUT2D eigenvalue weighted by Crippen LogP contribution is 2.70. The van der Waals surface area contributed by atoms with E-state index in [1.165, 1.54) is 6.92 Å². The molecule has 1 unspecified atom stereocenters. The Morgan fingerprint density at radius 2 is 2.14 bits per heavy atom. The number of hydrogen-bond donors (Lipinski definition) is 1. The Morgan fingerprint density at radius 1 is 1.34 bits per heavy atom. The standard InChI is InChI=1S/C22H28O7/c1-14(23)29-16-10-21(13-28-21)22(25,8-4-15-5-9-26-11-15)20-7-3-6-19(2,17(16)20)18(24)27-12-20/h5,9,11,16-17,25H,3-4,6-8,10,12-13H2,1-2H3/t16-,17?,19-,20+,21+,22-/m0/s1. The Balaban J connectivity index is 1.60. The maximum atomic E-state index is 12.9. The number of aliphatic hydroxyl groups is 1. The van der Waals surface area contributed by atoms with Gasteiger partial charge in [-0.2, -0.15) is 0 Å². The van der Waals surface area contributed by atoms with Crippen LogP contribution in [0.25, 0.3) is 0 Å². The van der Waals surface area contributed by atoms with Crippen molar-refractivity contribution in [3.05, 3.63) is 24.2 Å². The van der Waals surface area contributed by atoms with Crippen LogP contribution in [0, 0.1) is 16.7 Å². The number of cyclic esters (lactones) is 1. The van der Waals surface area contributed by atoms with Crippen molar-refractivity contribution in [2.45, 2.75) is 69.7 Å². The van der Waals surface area contributed by atoms with Crippen LogP contribution in [0.2, 0.25) is 0 Å². The van der Waals surface area contributed by atoms with Gasteiger partial charge in [-0.05, 0) is 44.2 Å². The summed E-state index contributed by atoms with van der Waals surface area (Å²) in [6.45, 7) is 3.86. The normalized spacial score (nSPS) is 45.4. The van der Waals surface area contributed by atoms with Gasteiger partial charge in [0.15, 0.2) is 0 Å². The largest absolute Gasteiger partial charge is 0.472 e. The Hall–Kier alpha value is -1.86. The van der Waals surface area contributed by atoms with Crippen molar-refractivity contribution in [2.75, 3.05) is 13.2 Å². The lowest BCUT2D eigenvalue weighted by molar-refractivity contribution is -0.296. The van der Waals surface area contributed by atoms with Crippen molar-refractivity contribution in [1.29, 1.82) is 0 Å². The molecule has 0 radical (unpaired) electrons. The van der Waals surface area contributed by atoms with Crippen molar-refractivity contribution in [1.82, 2.24) is 0 Å². The summed E-state index contributed by atoms with van der Waals surface area (Å²) in [4.78, 5) is 24.8. The molecule has 3 heterocycles. The predicted octanol–water partition coefficient (Wildman–Crippen LogP) is 2.40. The summed E-state index contributed by atoms with van der Waals surface area (Å²) in [7, 11) is 0. The van der Waals surface area contributed by atoms with E-state index >= 15 is 0 Å². The van der Waals surface area contributed by atoms with E-state index in [4.69, 9.17) is 18.6 Å². The van der Waals surface area contributed by atoms with E-state index in [-0.39, 0.29) is 24.5 Å². The van der Waals surface area contributed by atoms with Gasteiger partial charge in [0.25, 0.3) is 0 Å². The van der Waals surface area contributed by atoms with Gasteiger partial charge >= 0.3 is 11.9 Å². The lowest BCUT2D eigenvalue weighted by Crippen LogP contribution is -2.76. The van der Waals surface area contributed by atoms with Gasteiger partial charge in [-0.3, -0.25) is 9.59 Å². The van der Waals surface area contributed by atoms with Gasteiger partial charge in [0.2, 0.25) is 0 Å². The van der Waals surface area contributed by atoms with Crippen molar-refractivity contribution in [3.8, 4) is 0 Å². The van der Waals surface area contributed by atoms with E-state index in [1.807, 2.05) is 13.0 Å². The first-order valence-electron chi connectivity index (χ1n) is 10.5. The number of hydrogen-bond acceptors (Lipinski definition) is 7. The van der Waals surface area contributed by atoms with Gasteiger partial charge in [-0.15, -0.1) is 0 Å². The minimum absolute atomic E-state index is 0.136. The van der Waals surface area contributed by atoms with E-state index in [0.29, 0.717) is 38.7 Å². The fourth-order valence-electron chi connectivity index (χ4n) is 6.86. The second kappa shape index (κ2) is 6.08. The lowest BCUT2D eigenvalue weighted by atomic mass is 9.41. The molecule has 0 aromatic carbocycles. The van der Waals surface area contributed by atoms with Crippen LogP contribution >= 0.6 is 0 Å².